The maximum absolute atomic E-state index is 14.0. The van der Waals surface area contributed by atoms with Crippen LogP contribution in [0.5, 0.6) is 0 Å². The van der Waals surface area contributed by atoms with Crippen molar-refractivity contribution < 1.29 is 14.0 Å². The first-order valence-electron chi connectivity index (χ1n) is 9.33. The quantitative estimate of drug-likeness (QED) is 0.737. The van der Waals surface area contributed by atoms with Crippen molar-refractivity contribution in [2.45, 2.75) is 26.7 Å². The second-order valence-electron chi connectivity index (χ2n) is 7.40. The number of aryl methyl sites for hydroxylation is 3. The number of aromatic nitrogens is 1. The molecule has 0 spiro atoms. The van der Waals surface area contributed by atoms with Crippen molar-refractivity contribution >= 4 is 34.1 Å². The molecule has 0 radical (unpaired) electrons. The molecule has 0 atom stereocenters. The van der Waals surface area contributed by atoms with E-state index in [2.05, 4.69) is 5.32 Å². The van der Waals surface area contributed by atoms with Crippen LogP contribution < -0.4 is 10.2 Å². The molecule has 2 heterocycles. The summed E-state index contributed by atoms with van der Waals surface area (Å²) >= 11 is 0. The number of nitrogens with zero attached hydrogens (tertiary/aromatic N) is 2. The van der Waals surface area contributed by atoms with Gasteiger partial charge in [-0.05, 0) is 61.7 Å². The third kappa shape index (κ3) is 3.05. The monoisotopic (exact) mass is 379 g/mol. The number of carbonyl (C=O) groups is 2. The van der Waals surface area contributed by atoms with Crippen molar-refractivity contribution in [2.75, 3.05) is 16.8 Å². The van der Waals surface area contributed by atoms with Crippen molar-refractivity contribution in [2.24, 2.45) is 7.05 Å². The number of rotatable bonds is 3. The molecule has 1 aliphatic rings. The molecule has 2 aromatic carbocycles. The van der Waals surface area contributed by atoms with Crippen LogP contribution >= 0.6 is 0 Å². The molecular formula is C22H22FN3O2. The van der Waals surface area contributed by atoms with E-state index < -0.39 is 5.82 Å². The highest BCUT2D eigenvalue weighted by atomic mass is 19.1. The van der Waals surface area contributed by atoms with Crippen LogP contribution in [0.2, 0.25) is 0 Å². The van der Waals surface area contributed by atoms with E-state index in [-0.39, 0.29) is 11.8 Å². The predicted octanol–water partition coefficient (Wildman–Crippen LogP) is 4.31. The van der Waals surface area contributed by atoms with Gasteiger partial charge in [-0.1, -0.05) is 6.07 Å². The van der Waals surface area contributed by atoms with E-state index in [9.17, 15) is 14.0 Å². The van der Waals surface area contributed by atoms with E-state index in [1.54, 1.807) is 22.6 Å². The highest BCUT2D eigenvalue weighted by molar-refractivity contribution is 6.17. The molecule has 0 saturated carbocycles. The van der Waals surface area contributed by atoms with Crippen molar-refractivity contribution in [1.29, 1.82) is 0 Å². The standard InChI is InChI=1S/C22H22FN3O2/c1-13-9-14(2)11-16(10-13)24-22(28)21-20(26-8-4-5-19(26)27)17-12-15(23)6-7-18(17)25(21)3/h6-7,9-12H,4-5,8H2,1-3H3,(H,24,28). The third-order valence-electron chi connectivity index (χ3n) is 5.17. The van der Waals surface area contributed by atoms with Gasteiger partial charge in [0.25, 0.3) is 5.91 Å². The summed E-state index contributed by atoms with van der Waals surface area (Å²) in [6.07, 6.45) is 1.16. The van der Waals surface area contributed by atoms with Crippen LogP contribution in [0.25, 0.3) is 10.9 Å². The Labute approximate surface area is 162 Å². The summed E-state index contributed by atoms with van der Waals surface area (Å²) in [5.74, 6) is -0.761. The number of hydrogen-bond acceptors (Lipinski definition) is 2. The maximum Gasteiger partial charge on any atom is 0.274 e. The van der Waals surface area contributed by atoms with Crippen molar-refractivity contribution in [3.8, 4) is 0 Å². The van der Waals surface area contributed by atoms with Crippen LogP contribution in [0, 0.1) is 19.7 Å². The highest BCUT2D eigenvalue weighted by Crippen LogP contribution is 2.36. The number of nitrogens with one attached hydrogen (secondary N) is 1. The Morgan fingerprint density at radius 3 is 2.46 bits per heavy atom. The molecule has 144 valence electrons. The first-order chi connectivity index (χ1) is 13.3. The second kappa shape index (κ2) is 6.78. The minimum absolute atomic E-state index is 0.0442. The molecule has 1 fully saturated rings. The Morgan fingerprint density at radius 2 is 1.82 bits per heavy atom. The van der Waals surface area contributed by atoms with Gasteiger partial charge >= 0.3 is 0 Å². The van der Waals surface area contributed by atoms with Gasteiger partial charge in [-0.25, -0.2) is 4.39 Å². The Hall–Kier alpha value is -3.15. The normalized spacial score (nSPS) is 14.1. The fourth-order valence-electron chi connectivity index (χ4n) is 4.05. The lowest BCUT2D eigenvalue weighted by Crippen LogP contribution is -2.27. The second-order valence-corrected chi connectivity index (χ2v) is 7.40. The molecule has 0 bridgehead atoms. The summed E-state index contributed by atoms with van der Waals surface area (Å²) < 4.78 is 15.7. The van der Waals surface area contributed by atoms with Crippen molar-refractivity contribution in [1.82, 2.24) is 4.57 Å². The molecule has 2 amide bonds. The van der Waals surface area contributed by atoms with Gasteiger partial charge in [0.1, 0.15) is 11.5 Å². The summed E-state index contributed by atoms with van der Waals surface area (Å²) in [5.41, 5.74) is 4.34. The molecule has 1 N–H and O–H groups in total. The molecule has 1 saturated heterocycles. The lowest BCUT2D eigenvalue weighted by atomic mass is 10.1. The van der Waals surface area contributed by atoms with Gasteiger partial charge in [0.2, 0.25) is 5.91 Å². The van der Waals surface area contributed by atoms with Crippen LogP contribution in [0.15, 0.2) is 36.4 Å². The lowest BCUT2D eigenvalue weighted by Gasteiger charge is -2.18. The fourth-order valence-corrected chi connectivity index (χ4v) is 4.05. The zero-order valence-corrected chi connectivity index (χ0v) is 16.2. The first-order valence-corrected chi connectivity index (χ1v) is 9.33. The van der Waals surface area contributed by atoms with Crippen LogP contribution in [0.3, 0.4) is 0 Å². The Kier molecular flexibility index (Phi) is 4.41. The highest BCUT2D eigenvalue weighted by Gasteiger charge is 2.31. The SMILES string of the molecule is Cc1cc(C)cc(NC(=O)c2c(N3CCCC3=O)c3cc(F)ccc3n2C)c1. The van der Waals surface area contributed by atoms with Gasteiger partial charge in [0.15, 0.2) is 0 Å². The van der Waals surface area contributed by atoms with Gasteiger partial charge in [-0.2, -0.15) is 0 Å². The molecule has 0 unspecified atom stereocenters. The summed E-state index contributed by atoms with van der Waals surface area (Å²) in [4.78, 5) is 27.3. The maximum atomic E-state index is 14.0. The number of hydrogen-bond donors (Lipinski definition) is 1. The number of anilines is 2. The van der Waals surface area contributed by atoms with Gasteiger partial charge in [-0.15, -0.1) is 0 Å². The zero-order chi connectivity index (χ0) is 20.0. The minimum Gasteiger partial charge on any atom is -0.338 e. The molecule has 4 rings (SSSR count). The topological polar surface area (TPSA) is 54.3 Å². The molecule has 1 aromatic heterocycles. The molecule has 5 nitrogen and oxygen atoms in total. The summed E-state index contributed by atoms with van der Waals surface area (Å²) in [6, 6.07) is 10.2. The number of fused-ring (bicyclic) bond motifs is 1. The van der Waals surface area contributed by atoms with Crippen LogP contribution in [0.4, 0.5) is 15.8 Å². The predicted molar refractivity (Wildman–Crippen MR) is 108 cm³/mol. The summed E-state index contributed by atoms with van der Waals surface area (Å²) in [7, 11) is 1.76. The molecular weight excluding hydrogens is 357 g/mol. The summed E-state index contributed by atoms with van der Waals surface area (Å²) in [6.45, 7) is 4.46. The number of benzene rings is 2. The smallest absolute Gasteiger partial charge is 0.274 e. The minimum atomic E-state index is -0.396. The Morgan fingerprint density at radius 1 is 1.11 bits per heavy atom. The van der Waals surface area contributed by atoms with Gasteiger partial charge < -0.3 is 14.8 Å². The Bertz CT molecular complexity index is 1100. The molecule has 28 heavy (non-hydrogen) atoms. The van der Waals surface area contributed by atoms with E-state index in [0.29, 0.717) is 40.9 Å². The Balaban J connectivity index is 1.86. The van der Waals surface area contributed by atoms with E-state index in [4.69, 9.17) is 0 Å². The van der Waals surface area contributed by atoms with Gasteiger partial charge in [0, 0.05) is 31.1 Å². The molecule has 6 heteroatoms. The molecule has 3 aromatic rings. The number of amides is 2. The first kappa shape index (κ1) is 18.2. The fraction of sp³-hybridized carbons (Fsp3) is 0.273. The molecule has 0 aliphatic carbocycles. The molecule has 1 aliphatic heterocycles. The van der Waals surface area contributed by atoms with E-state index in [0.717, 1.165) is 17.5 Å². The van der Waals surface area contributed by atoms with E-state index in [1.165, 1.54) is 12.1 Å². The number of carbonyl (C=O) groups excluding carboxylic acids is 2. The van der Waals surface area contributed by atoms with Gasteiger partial charge in [-0.3, -0.25) is 9.59 Å². The average molecular weight is 379 g/mol. The third-order valence-corrected chi connectivity index (χ3v) is 5.17. The van der Waals surface area contributed by atoms with E-state index in [1.807, 2.05) is 32.0 Å². The largest absolute Gasteiger partial charge is 0.338 e. The van der Waals surface area contributed by atoms with Crippen molar-refractivity contribution in [3.05, 3.63) is 59.0 Å². The van der Waals surface area contributed by atoms with E-state index >= 15 is 0 Å². The van der Waals surface area contributed by atoms with Crippen LogP contribution in [-0.4, -0.2) is 22.9 Å². The lowest BCUT2D eigenvalue weighted by molar-refractivity contribution is -0.117. The van der Waals surface area contributed by atoms with Crippen LogP contribution in [0.1, 0.15) is 34.5 Å². The average Bonchev–Trinajstić information content (AvgIpc) is 3.14. The zero-order valence-electron chi connectivity index (χ0n) is 16.2. The van der Waals surface area contributed by atoms with Crippen LogP contribution in [-0.2, 0) is 11.8 Å². The van der Waals surface area contributed by atoms with Crippen molar-refractivity contribution in [3.63, 3.8) is 0 Å². The van der Waals surface area contributed by atoms with Gasteiger partial charge in [0.05, 0.1) is 11.2 Å². The summed E-state index contributed by atoms with van der Waals surface area (Å²) in [5, 5.41) is 3.52. The number of halogens is 1.